The first-order valence-corrected chi connectivity index (χ1v) is 6.72. The summed E-state index contributed by atoms with van der Waals surface area (Å²) in [5.41, 5.74) is 0. The SMILES string of the molecule is CCC=CCC(C=CC=O)CCCCC=CC=O. The summed E-state index contributed by atoms with van der Waals surface area (Å²) in [6.45, 7) is 2.12. The maximum atomic E-state index is 10.3. The van der Waals surface area contributed by atoms with Gasteiger partial charge in [0.25, 0.3) is 0 Å². The highest BCUT2D eigenvalue weighted by Crippen LogP contribution is 2.16. The Hall–Kier alpha value is -1.44. The van der Waals surface area contributed by atoms with Crippen LogP contribution in [0.25, 0.3) is 0 Å². The summed E-state index contributed by atoms with van der Waals surface area (Å²) in [6, 6.07) is 0. The molecule has 0 N–H and O–H groups in total. The number of unbranched alkanes of at least 4 members (excludes halogenated alkanes) is 2. The molecular weight excluding hydrogens is 224 g/mol. The summed E-state index contributed by atoms with van der Waals surface area (Å²) in [7, 11) is 0. The Morgan fingerprint density at radius 2 is 1.72 bits per heavy atom. The Morgan fingerprint density at radius 1 is 0.944 bits per heavy atom. The minimum Gasteiger partial charge on any atom is -0.299 e. The third-order valence-corrected chi connectivity index (χ3v) is 2.71. The van der Waals surface area contributed by atoms with Crippen molar-refractivity contribution in [2.75, 3.05) is 0 Å². The smallest absolute Gasteiger partial charge is 0.142 e. The van der Waals surface area contributed by atoms with Crippen molar-refractivity contribution in [3.05, 3.63) is 36.5 Å². The monoisotopic (exact) mass is 248 g/mol. The van der Waals surface area contributed by atoms with Crippen LogP contribution in [0.1, 0.15) is 45.4 Å². The van der Waals surface area contributed by atoms with Crippen LogP contribution in [-0.4, -0.2) is 12.6 Å². The molecule has 0 spiro atoms. The molecule has 0 saturated carbocycles. The Labute approximate surface area is 110 Å². The lowest BCUT2D eigenvalue weighted by atomic mass is 9.97. The topological polar surface area (TPSA) is 34.1 Å². The average Bonchev–Trinajstić information content (AvgIpc) is 2.39. The summed E-state index contributed by atoms with van der Waals surface area (Å²) in [4.78, 5) is 20.4. The predicted octanol–water partition coefficient (Wildman–Crippen LogP) is 4.03. The second-order valence-corrected chi connectivity index (χ2v) is 4.25. The van der Waals surface area contributed by atoms with Crippen LogP contribution in [0.5, 0.6) is 0 Å². The molecule has 18 heavy (non-hydrogen) atoms. The van der Waals surface area contributed by atoms with Gasteiger partial charge in [0.1, 0.15) is 12.6 Å². The normalized spacial score (nSPS) is 13.6. The molecule has 0 bridgehead atoms. The minimum absolute atomic E-state index is 0.452. The Morgan fingerprint density at radius 3 is 2.39 bits per heavy atom. The molecule has 0 radical (unpaired) electrons. The summed E-state index contributed by atoms with van der Waals surface area (Å²) in [5, 5.41) is 0. The lowest BCUT2D eigenvalue weighted by Gasteiger charge is -2.09. The van der Waals surface area contributed by atoms with Crippen LogP contribution in [0.2, 0.25) is 0 Å². The Bertz CT molecular complexity index is 287. The number of hydrogen-bond donors (Lipinski definition) is 0. The number of carbonyl (C=O) groups excluding carboxylic acids is 2. The van der Waals surface area contributed by atoms with E-state index in [1.807, 2.05) is 12.2 Å². The van der Waals surface area contributed by atoms with Gasteiger partial charge in [0, 0.05) is 0 Å². The van der Waals surface area contributed by atoms with Crippen LogP contribution in [0.3, 0.4) is 0 Å². The molecule has 0 aliphatic rings. The van der Waals surface area contributed by atoms with Gasteiger partial charge < -0.3 is 0 Å². The zero-order valence-corrected chi connectivity index (χ0v) is 11.3. The van der Waals surface area contributed by atoms with Crippen molar-refractivity contribution in [3.63, 3.8) is 0 Å². The molecule has 0 aromatic rings. The Kier molecular flexibility index (Phi) is 12.5. The lowest BCUT2D eigenvalue weighted by Crippen LogP contribution is -1.95. The number of rotatable bonds is 11. The maximum absolute atomic E-state index is 10.3. The van der Waals surface area contributed by atoms with E-state index in [1.165, 1.54) is 0 Å². The van der Waals surface area contributed by atoms with Gasteiger partial charge in [-0.15, -0.1) is 0 Å². The largest absolute Gasteiger partial charge is 0.299 e. The number of hydrogen-bond acceptors (Lipinski definition) is 2. The van der Waals surface area contributed by atoms with Crippen LogP contribution < -0.4 is 0 Å². The van der Waals surface area contributed by atoms with Crippen molar-refractivity contribution in [1.82, 2.24) is 0 Å². The highest BCUT2D eigenvalue weighted by atomic mass is 16.1. The lowest BCUT2D eigenvalue weighted by molar-refractivity contribution is -0.104. The first kappa shape index (κ1) is 16.6. The average molecular weight is 248 g/mol. The fourth-order valence-electron chi connectivity index (χ4n) is 1.75. The van der Waals surface area contributed by atoms with Crippen LogP contribution in [0.4, 0.5) is 0 Å². The van der Waals surface area contributed by atoms with E-state index in [4.69, 9.17) is 0 Å². The first-order valence-electron chi connectivity index (χ1n) is 6.72. The second-order valence-electron chi connectivity index (χ2n) is 4.25. The fraction of sp³-hybridized carbons (Fsp3) is 0.500. The van der Waals surface area contributed by atoms with Crippen LogP contribution in [-0.2, 0) is 9.59 Å². The van der Waals surface area contributed by atoms with Gasteiger partial charge in [-0.2, -0.15) is 0 Å². The molecule has 0 aliphatic heterocycles. The quantitative estimate of drug-likeness (QED) is 0.239. The molecule has 0 saturated heterocycles. The van der Waals surface area contributed by atoms with E-state index in [-0.39, 0.29) is 0 Å². The van der Waals surface area contributed by atoms with E-state index in [1.54, 1.807) is 12.2 Å². The van der Waals surface area contributed by atoms with E-state index >= 15 is 0 Å². The van der Waals surface area contributed by atoms with Gasteiger partial charge in [-0.05, 0) is 50.2 Å². The third-order valence-electron chi connectivity index (χ3n) is 2.71. The molecular formula is C16H24O2. The zero-order valence-electron chi connectivity index (χ0n) is 11.3. The summed E-state index contributed by atoms with van der Waals surface area (Å²) in [5.74, 6) is 0.452. The van der Waals surface area contributed by atoms with Crippen molar-refractivity contribution in [2.24, 2.45) is 5.92 Å². The van der Waals surface area contributed by atoms with Crippen molar-refractivity contribution in [3.8, 4) is 0 Å². The first-order chi connectivity index (χ1) is 8.85. The molecule has 0 aromatic heterocycles. The van der Waals surface area contributed by atoms with Crippen LogP contribution in [0.15, 0.2) is 36.5 Å². The molecule has 2 heteroatoms. The molecule has 1 atom stereocenters. The standard InChI is InChI=1S/C16H24O2/c1-2-3-7-11-16(13-10-15-18)12-8-5-4-6-9-14-17/h3,6-7,9-10,13-16H,2,4-5,8,11-12H2,1H3. The van der Waals surface area contributed by atoms with Gasteiger partial charge in [0.2, 0.25) is 0 Å². The molecule has 0 amide bonds. The van der Waals surface area contributed by atoms with Gasteiger partial charge in [-0.25, -0.2) is 0 Å². The Balaban J connectivity index is 3.88. The van der Waals surface area contributed by atoms with Crippen molar-refractivity contribution in [2.45, 2.75) is 45.4 Å². The molecule has 2 nitrogen and oxygen atoms in total. The number of carbonyl (C=O) groups is 2. The van der Waals surface area contributed by atoms with Crippen molar-refractivity contribution < 1.29 is 9.59 Å². The predicted molar refractivity (Wildman–Crippen MR) is 76.4 cm³/mol. The van der Waals surface area contributed by atoms with Gasteiger partial charge in [0.15, 0.2) is 0 Å². The summed E-state index contributed by atoms with van der Waals surface area (Å²) in [6.07, 6.45) is 19.3. The minimum atomic E-state index is 0.452. The van der Waals surface area contributed by atoms with Crippen molar-refractivity contribution >= 4 is 12.6 Å². The maximum Gasteiger partial charge on any atom is 0.142 e. The van der Waals surface area contributed by atoms with Crippen molar-refractivity contribution in [1.29, 1.82) is 0 Å². The molecule has 1 unspecified atom stereocenters. The molecule has 0 aliphatic carbocycles. The van der Waals surface area contributed by atoms with Gasteiger partial charge in [0.05, 0.1) is 0 Å². The number of allylic oxidation sites excluding steroid dienone is 6. The van der Waals surface area contributed by atoms with E-state index in [9.17, 15) is 9.59 Å². The fourth-order valence-corrected chi connectivity index (χ4v) is 1.75. The second kappa shape index (κ2) is 13.6. The highest BCUT2D eigenvalue weighted by molar-refractivity contribution is 5.64. The molecule has 0 aromatic carbocycles. The molecule has 0 rings (SSSR count). The van der Waals surface area contributed by atoms with E-state index in [0.29, 0.717) is 5.92 Å². The van der Waals surface area contributed by atoms with E-state index < -0.39 is 0 Å². The zero-order chi connectivity index (χ0) is 13.5. The summed E-state index contributed by atoms with van der Waals surface area (Å²) >= 11 is 0. The van der Waals surface area contributed by atoms with Crippen LogP contribution in [0, 0.1) is 5.92 Å². The van der Waals surface area contributed by atoms with Gasteiger partial charge >= 0.3 is 0 Å². The highest BCUT2D eigenvalue weighted by Gasteiger charge is 2.01. The number of aldehydes is 2. The van der Waals surface area contributed by atoms with Gasteiger partial charge in [-0.3, -0.25) is 9.59 Å². The van der Waals surface area contributed by atoms with E-state index in [0.717, 1.165) is 51.1 Å². The van der Waals surface area contributed by atoms with Gasteiger partial charge in [-0.1, -0.05) is 37.6 Å². The molecule has 100 valence electrons. The van der Waals surface area contributed by atoms with E-state index in [2.05, 4.69) is 19.1 Å². The molecule has 0 fully saturated rings. The summed E-state index contributed by atoms with van der Waals surface area (Å²) < 4.78 is 0. The third kappa shape index (κ3) is 11.1. The van der Waals surface area contributed by atoms with Crippen LogP contribution >= 0.6 is 0 Å². The molecule has 0 heterocycles.